The van der Waals surface area contributed by atoms with Crippen LogP contribution in [0, 0.1) is 0 Å². The van der Waals surface area contributed by atoms with E-state index in [4.69, 9.17) is 10.5 Å². The molecule has 10 heavy (non-hydrogen) atoms. The highest BCUT2D eigenvalue weighted by molar-refractivity contribution is 5.85. The van der Waals surface area contributed by atoms with Gasteiger partial charge in [0.1, 0.15) is 0 Å². The summed E-state index contributed by atoms with van der Waals surface area (Å²) >= 11 is 0. The van der Waals surface area contributed by atoms with Crippen molar-refractivity contribution in [3.63, 3.8) is 0 Å². The first-order chi connectivity index (χ1) is 4.19. The summed E-state index contributed by atoms with van der Waals surface area (Å²) in [4.78, 5) is 0. The monoisotopic (exact) mass is 165 g/mol. The molecule has 1 aliphatic rings. The van der Waals surface area contributed by atoms with Gasteiger partial charge in [-0.2, -0.15) is 0 Å². The zero-order valence-electron chi connectivity index (χ0n) is 6.59. The zero-order valence-corrected chi connectivity index (χ0v) is 7.41. The van der Waals surface area contributed by atoms with E-state index >= 15 is 0 Å². The van der Waals surface area contributed by atoms with Crippen LogP contribution in [0.3, 0.4) is 0 Å². The zero-order chi connectivity index (χ0) is 6.91. The van der Waals surface area contributed by atoms with Crippen LogP contribution in [-0.4, -0.2) is 18.2 Å². The van der Waals surface area contributed by atoms with Crippen molar-refractivity contribution in [1.82, 2.24) is 0 Å². The van der Waals surface area contributed by atoms with Gasteiger partial charge in [-0.3, -0.25) is 0 Å². The Hall–Kier alpha value is 0.210. The Bertz CT molecular complexity index is 110. The summed E-state index contributed by atoms with van der Waals surface area (Å²) in [6, 6.07) is 0.295. The smallest absolute Gasteiger partial charge is 0.0821 e. The van der Waals surface area contributed by atoms with Gasteiger partial charge in [0, 0.05) is 12.6 Å². The van der Waals surface area contributed by atoms with Crippen LogP contribution < -0.4 is 5.73 Å². The van der Waals surface area contributed by atoms with Crippen molar-refractivity contribution in [2.24, 2.45) is 5.73 Å². The van der Waals surface area contributed by atoms with Gasteiger partial charge in [-0.05, 0) is 19.8 Å². The van der Waals surface area contributed by atoms with Gasteiger partial charge in [-0.25, -0.2) is 0 Å². The molecule has 2 N–H and O–H groups in total. The SMILES string of the molecule is CCCO[C@]1(C)C[C@@H]1N.Cl. The predicted octanol–water partition coefficient (Wildman–Crippen LogP) is 1.32. The molecule has 0 amide bonds. The van der Waals surface area contributed by atoms with Gasteiger partial charge >= 0.3 is 0 Å². The molecule has 1 aliphatic carbocycles. The Balaban J connectivity index is 0.000000810. The Morgan fingerprint density at radius 2 is 2.20 bits per heavy atom. The molecule has 0 bridgehead atoms. The second kappa shape index (κ2) is 3.56. The molecule has 2 atom stereocenters. The molecule has 2 nitrogen and oxygen atoms in total. The van der Waals surface area contributed by atoms with Crippen molar-refractivity contribution < 1.29 is 4.74 Å². The third kappa shape index (κ3) is 2.11. The molecule has 1 fully saturated rings. The van der Waals surface area contributed by atoms with E-state index in [9.17, 15) is 0 Å². The molecule has 0 saturated heterocycles. The van der Waals surface area contributed by atoms with Crippen molar-refractivity contribution in [3.05, 3.63) is 0 Å². The van der Waals surface area contributed by atoms with E-state index < -0.39 is 0 Å². The summed E-state index contributed by atoms with van der Waals surface area (Å²) in [7, 11) is 0. The molecule has 0 aliphatic heterocycles. The lowest BCUT2D eigenvalue weighted by molar-refractivity contribution is 0.0427. The molecule has 0 unspecified atom stereocenters. The van der Waals surface area contributed by atoms with Crippen LogP contribution in [-0.2, 0) is 4.74 Å². The second-order valence-corrected chi connectivity index (χ2v) is 2.97. The molecule has 1 rings (SSSR count). The topological polar surface area (TPSA) is 35.2 Å². The molecule has 0 heterocycles. The second-order valence-electron chi connectivity index (χ2n) is 2.97. The van der Waals surface area contributed by atoms with Gasteiger partial charge in [0.05, 0.1) is 5.60 Å². The number of halogens is 1. The van der Waals surface area contributed by atoms with Gasteiger partial charge in [0.15, 0.2) is 0 Å². The fourth-order valence-electron chi connectivity index (χ4n) is 0.879. The maximum Gasteiger partial charge on any atom is 0.0821 e. The maximum atomic E-state index is 5.62. The van der Waals surface area contributed by atoms with Crippen molar-refractivity contribution >= 4 is 12.4 Å². The highest BCUT2D eigenvalue weighted by atomic mass is 35.5. The molecular weight excluding hydrogens is 150 g/mol. The first-order valence-corrected chi connectivity index (χ1v) is 3.58. The fourth-order valence-corrected chi connectivity index (χ4v) is 0.879. The first kappa shape index (κ1) is 10.2. The summed E-state index contributed by atoms with van der Waals surface area (Å²) in [5, 5.41) is 0. The van der Waals surface area contributed by atoms with Crippen molar-refractivity contribution in [3.8, 4) is 0 Å². The fraction of sp³-hybridized carbons (Fsp3) is 1.00. The van der Waals surface area contributed by atoms with E-state index in [0.29, 0.717) is 6.04 Å². The van der Waals surface area contributed by atoms with Gasteiger partial charge in [-0.1, -0.05) is 6.92 Å². The van der Waals surface area contributed by atoms with Gasteiger partial charge < -0.3 is 10.5 Å². The van der Waals surface area contributed by atoms with E-state index in [1.165, 1.54) is 0 Å². The number of hydrogen-bond acceptors (Lipinski definition) is 2. The molecule has 0 aromatic rings. The van der Waals surface area contributed by atoms with Crippen LogP contribution in [0.1, 0.15) is 26.7 Å². The number of ether oxygens (including phenoxy) is 1. The standard InChI is InChI=1S/C7H15NO.ClH/c1-3-4-9-7(2)5-6(7)8;/h6H,3-5,8H2,1-2H3;1H/t6-,7+;/m0./s1. The summed E-state index contributed by atoms with van der Waals surface area (Å²) in [5.74, 6) is 0. The van der Waals surface area contributed by atoms with E-state index in [-0.39, 0.29) is 18.0 Å². The quantitative estimate of drug-likeness (QED) is 0.685. The minimum Gasteiger partial charge on any atom is -0.374 e. The van der Waals surface area contributed by atoms with E-state index in [1.54, 1.807) is 0 Å². The molecule has 62 valence electrons. The van der Waals surface area contributed by atoms with Crippen molar-refractivity contribution in [2.45, 2.75) is 38.3 Å². The Morgan fingerprint density at radius 1 is 1.70 bits per heavy atom. The minimum atomic E-state index is 0. The van der Waals surface area contributed by atoms with E-state index in [2.05, 4.69) is 13.8 Å². The number of nitrogens with two attached hydrogens (primary N) is 1. The molecule has 0 aromatic heterocycles. The number of hydrogen-bond donors (Lipinski definition) is 1. The molecule has 1 saturated carbocycles. The summed E-state index contributed by atoms with van der Waals surface area (Å²) in [6.45, 7) is 5.04. The normalized spacial score (nSPS) is 36.9. The van der Waals surface area contributed by atoms with E-state index in [0.717, 1.165) is 19.4 Å². The van der Waals surface area contributed by atoms with Gasteiger partial charge in [0.2, 0.25) is 0 Å². The van der Waals surface area contributed by atoms with Crippen LogP contribution in [0.15, 0.2) is 0 Å². The molecule has 0 aromatic carbocycles. The van der Waals surface area contributed by atoms with Crippen LogP contribution >= 0.6 is 12.4 Å². The van der Waals surface area contributed by atoms with E-state index in [1.807, 2.05) is 0 Å². The third-order valence-electron chi connectivity index (χ3n) is 1.89. The summed E-state index contributed by atoms with van der Waals surface area (Å²) < 4.78 is 5.48. The van der Waals surface area contributed by atoms with Gasteiger partial charge in [-0.15, -0.1) is 12.4 Å². The lowest BCUT2D eigenvalue weighted by atomic mass is 10.4. The third-order valence-corrected chi connectivity index (χ3v) is 1.89. The molecule has 0 radical (unpaired) electrons. The predicted molar refractivity (Wildman–Crippen MR) is 44.5 cm³/mol. The largest absolute Gasteiger partial charge is 0.374 e. The van der Waals surface area contributed by atoms with Crippen LogP contribution in [0.4, 0.5) is 0 Å². The lowest BCUT2D eigenvalue weighted by Gasteiger charge is -2.09. The number of rotatable bonds is 3. The van der Waals surface area contributed by atoms with Crippen LogP contribution in [0.2, 0.25) is 0 Å². The van der Waals surface area contributed by atoms with Crippen molar-refractivity contribution in [2.75, 3.05) is 6.61 Å². The summed E-state index contributed by atoms with van der Waals surface area (Å²) in [5.41, 5.74) is 5.65. The lowest BCUT2D eigenvalue weighted by Crippen LogP contribution is -2.20. The average Bonchev–Trinajstić information content (AvgIpc) is 2.38. The van der Waals surface area contributed by atoms with Crippen LogP contribution in [0.5, 0.6) is 0 Å². The Morgan fingerprint density at radius 3 is 2.50 bits per heavy atom. The minimum absolute atomic E-state index is 0. The highest BCUT2D eigenvalue weighted by Crippen LogP contribution is 2.37. The molecule has 3 heteroatoms. The first-order valence-electron chi connectivity index (χ1n) is 3.58. The maximum absolute atomic E-state index is 5.62. The molecular formula is C7H16ClNO. The highest BCUT2D eigenvalue weighted by Gasteiger charge is 2.48. The van der Waals surface area contributed by atoms with Gasteiger partial charge in [0.25, 0.3) is 0 Å². The van der Waals surface area contributed by atoms with Crippen LogP contribution in [0.25, 0.3) is 0 Å². The Labute approximate surface area is 68.5 Å². The van der Waals surface area contributed by atoms with Crippen molar-refractivity contribution in [1.29, 1.82) is 0 Å². The summed E-state index contributed by atoms with van der Waals surface area (Å²) in [6.07, 6.45) is 2.12. The Kier molecular flexibility index (Phi) is 3.63. The molecule has 0 spiro atoms. The average molecular weight is 166 g/mol.